The van der Waals surface area contributed by atoms with Crippen LogP contribution in [0.15, 0.2) is 0 Å². The number of methoxy groups -OCH3 is 1. The third-order valence-electron chi connectivity index (χ3n) is 2.15. The van der Waals surface area contributed by atoms with E-state index in [1.165, 1.54) is 0 Å². The molecule has 16 heavy (non-hydrogen) atoms. The lowest BCUT2D eigenvalue weighted by Gasteiger charge is -2.28. The maximum absolute atomic E-state index is 8.57. The van der Waals surface area contributed by atoms with Crippen LogP contribution in [0.4, 0.5) is 0 Å². The molecule has 0 saturated heterocycles. The molecule has 0 aliphatic heterocycles. The zero-order valence-electron chi connectivity index (χ0n) is 10.3. The molecule has 0 aromatic rings. The molecule has 0 aliphatic rings. The van der Waals surface area contributed by atoms with Gasteiger partial charge in [-0.05, 0) is 32.5 Å². The minimum Gasteiger partial charge on any atom is -0.385 e. The fraction of sp³-hybridized carbons (Fsp3) is 0.818. The van der Waals surface area contributed by atoms with E-state index in [1.54, 1.807) is 7.11 Å². The SMILES string of the molecule is COCCCNC(=S)N(CCC#N)C(C)C. The summed E-state index contributed by atoms with van der Waals surface area (Å²) in [4.78, 5) is 2.03. The van der Waals surface area contributed by atoms with Gasteiger partial charge >= 0.3 is 0 Å². The van der Waals surface area contributed by atoms with E-state index in [9.17, 15) is 0 Å². The summed E-state index contributed by atoms with van der Waals surface area (Å²) in [7, 11) is 1.69. The maximum Gasteiger partial charge on any atom is 0.169 e. The molecule has 1 N–H and O–H groups in total. The molecule has 0 heterocycles. The van der Waals surface area contributed by atoms with Crippen molar-refractivity contribution in [1.29, 1.82) is 5.26 Å². The van der Waals surface area contributed by atoms with Crippen LogP contribution in [0, 0.1) is 11.3 Å². The van der Waals surface area contributed by atoms with Crippen LogP contribution in [-0.2, 0) is 4.74 Å². The van der Waals surface area contributed by atoms with Gasteiger partial charge in [-0.2, -0.15) is 5.26 Å². The maximum atomic E-state index is 8.57. The molecule has 0 unspecified atom stereocenters. The van der Waals surface area contributed by atoms with E-state index in [4.69, 9.17) is 22.2 Å². The fourth-order valence-corrected chi connectivity index (χ4v) is 1.68. The molecular weight excluding hydrogens is 222 g/mol. The minimum atomic E-state index is 0.316. The molecular formula is C11H21N3OS. The summed E-state index contributed by atoms with van der Waals surface area (Å²) >= 11 is 5.28. The monoisotopic (exact) mass is 243 g/mol. The van der Waals surface area contributed by atoms with Gasteiger partial charge < -0.3 is 15.0 Å². The van der Waals surface area contributed by atoms with Crippen LogP contribution >= 0.6 is 12.2 Å². The number of nitriles is 1. The number of thiocarbonyl (C=S) groups is 1. The molecule has 0 radical (unpaired) electrons. The lowest BCUT2D eigenvalue weighted by atomic mass is 10.3. The van der Waals surface area contributed by atoms with E-state index in [0.717, 1.165) is 24.7 Å². The largest absolute Gasteiger partial charge is 0.385 e. The van der Waals surface area contributed by atoms with Crippen molar-refractivity contribution >= 4 is 17.3 Å². The first-order valence-corrected chi connectivity index (χ1v) is 5.94. The van der Waals surface area contributed by atoms with E-state index < -0.39 is 0 Å². The number of nitrogens with one attached hydrogen (secondary N) is 1. The first kappa shape index (κ1) is 15.1. The number of ether oxygens (including phenoxy) is 1. The van der Waals surface area contributed by atoms with Crippen LogP contribution in [0.3, 0.4) is 0 Å². The summed E-state index contributed by atoms with van der Waals surface area (Å²) in [5.41, 5.74) is 0. The lowest BCUT2D eigenvalue weighted by Crippen LogP contribution is -2.44. The Bertz CT molecular complexity index is 238. The van der Waals surface area contributed by atoms with Gasteiger partial charge in [0.05, 0.1) is 12.5 Å². The van der Waals surface area contributed by atoms with Gasteiger partial charge in [0, 0.05) is 32.8 Å². The third-order valence-corrected chi connectivity index (χ3v) is 2.53. The van der Waals surface area contributed by atoms with Crippen LogP contribution in [0.1, 0.15) is 26.7 Å². The Balaban J connectivity index is 3.93. The van der Waals surface area contributed by atoms with Gasteiger partial charge in [0.2, 0.25) is 0 Å². The van der Waals surface area contributed by atoms with E-state index in [1.807, 2.05) is 4.90 Å². The molecule has 0 aromatic carbocycles. The quantitative estimate of drug-likeness (QED) is 0.543. The highest BCUT2D eigenvalue weighted by molar-refractivity contribution is 7.80. The Hall–Kier alpha value is -0.860. The van der Waals surface area contributed by atoms with Crippen molar-refractivity contribution < 1.29 is 4.74 Å². The predicted octanol–water partition coefficient (Wildman–Crippen LogP) is 1.52. The molecule has 0 rings (SSSR count). The predicted molar refractivity (Wildman–Crippen MR) is 69.2 cm³/mol. The van der Waals surface area contributed by atoms with Crippen molar-refractivity contribution in [2.24, 2.45) is 0 Å². The zero-order chi connectivity index (χ0) is 12.4. The van der Waals surface area contributed by atoms with E-state index in [2.05, 4.69) is 25.2 Å². The van der Waals surface area contributed by atoms with Crippen LogP contribution < -0.4 is 5.32 Å². The fourth-order valence-electron chi connectivity index (χ4n) is 1.28. The standard InChI is InChI=1S/C11H21N3OS/c1-10(2)14(8-4-6-12)11(16)13-7-5-9-15-3/h10H,4-5,7-9H2,1-3H3,(H,13,16). The zero-order valence-corrected chi connectivity index (χ0v) is 11.1. The summed E-state index contributed by atoms with van der Waals surface area (Å²) in [5, 5.41) is 12.5. The molecule has 0 spiro atoms. The van der Waals surface area contributed by atoms with Crippen LogP contribution in [0.5, 0.6) is 0 Å². The second kappa shape index (κ2) is 9.37. The Labute approximate surface area is 104 Å². The number of hydrogen-bond donors (Lipinski definition) is 1. The van der Waals surface area contributed by atoms with Gasteiger partial charge in [-0.3, -0.25) is 0 Å². The summed E-state index contributed by atoms with van der Waals surface area (Å²) < 4.78 is 4.96. The number of hydrogen-bond acceptors (Lipinski definition) is 3. The summed E-state index contributed by atoms with van der Waals surface area (Å²) in [6, 6.07) is 2.45. The average Bonchev–Trinajstić information content (AvgIpc) is 2.24. The summed E-state index contributed by atoms with van der Waals surface area (Å²) in [6.07, 6.45) is 1.43. The molecule has 0 aliphatic carbocycles. The molecule has 0 fully saturated rings. The molecule has 0 atom stereocenters. The summed E-state index contributed by atoms with van der Waals surface area (Å²) in [5.74, 6) is 0. The highest BCUT2D eigenvalue weighted by Crippen LogP contribution is 2.00. The van der Waals surface area contributed by atoms with Crippen molar-refractivity contribution in [3.63, 3.8) is 0 Å². The van der Waals surface area contributed by atoms with Crippen LogP contribution in [0.25, 0.3) is 0 Å². The van der Waals surface area contributed by atoms with Gasteiger partial charge in [0.25, 0.3) is 0 Å². The first-order chi connectivity index (χ1) is 7.63. The summed E-state index contributed by atoms with van der Waals surface area (Å²) in [6.45, 7) is 6.36. The molecule has 0 aromatic heterocycles. The molecule has 5 heteroatoms. The molecule has 0 amide bonds. The molecule has 4 nitrogen and oxygen atoms in total. The average molecular weight is 243 g/mol. The van der Waals surface area contributed by atoms with Crippen molar-refractivity contribution in [2.45, 2.75) is 32.7 Å². The second-order valence-corrected chi connectivity index (χ2v) is 4.16. The smallest absolute Gasteiger partial charge is 0.169 e. The van der Waals surface area contributed by atoms with Crippen molar-refractivity contribution in [2.75, 3.05) is 26.8 Å². The van der Waals surface area contributed by atoms with Crippen molar-refractivity contribution in [1.82, 2.24) is 10.2 Å². The van der Waals surface area contributed by atoms with Crippen LogP contribution in [0.2, 0.25) is 0 Å². The topological polar surface area (TPSA) is 48.3 Å². The molecule has 92 valence electrons. The van der Waals surface area contributed by atoms with Crippen molar-refractivity contribution in [3.8, 4) is 6.07 Å². The number of rotatable bonds is 7. The minimum absolute atomic E-state index is 0.316. The van der Waals surface area contributed by atoms with E-state index >= 15 is 0 Å². The molecule has 0 bridgehead atoms. The normalized spacial score (nSPS) is 9.94. The highest BCUT2D eigenvalue weighted by atomic mass is 32.1. The van der Waals surface area contributed by atoms with E-state index in [-0.39, 0.29) is 0 Å². The van der Waals surface area contributed by atoms with Crippen LogP contribution in [-0.4, -0.2) is 42.9 Å². The Morgan fingerprint density at radius 2 is 2.25 bits per heavy atom. The van der Waals surface area contributed by atoms with E-state index in [0.29, 0.717) is 19.0 Å². The van der Waals surface area contributed by atoms with Gasteiger partial charge in [0.15, 0.2) is 5.11 Å². The van der Waals surface area contributed by atoms with Gasteiger partial charge in [-0.25, -0.2) is 0 Å². The van der Waals surface area contributed by atoms with Gasteiger partial charge in [0.1, 0.15) is 0 Å². The second-order valence-electron chi connectivity index (χ2n) is 3.77. The Morgan fingerprint density at radius 1 is 1.56 bits per heavy atom. The Kier molecular flexibility index (Phi) is 8.87. The number of nitrogens with zero attached hydrogens (tertiary/aromatic N) is 2. The first-order valence-electron chi connectivity index (χ1n) is 5.53. The Morgan fingerprint density at radius 3 is 2.75 bits per heavy atom. The van der Waals surface area contributed by atoms with Gasteiger partial charge in [-0.15, -0.1) is 0 Å². The van der Waals surface area contributed by atoms with Crippen molar-refractivity contribution in [3.05, 3.63) is 0 Å². The lowest BCUT2D eigenvalue weighted by molar-refractivity contribution is 0.195. The third kappa shape index (κ3) is 6.59. The van der Waals surface area contributed by atoms with Gasteiger partial charge in [-0.1, -0.05) is 0 Å². The molecule has 0 saturated carbocycles. The highest BCUT2D eigenvalue weighted by Gasteiger charge is 2.11.